The molecule has 1 aliphatic heterocycles. The first-order valence-corrected chi connectivity index (χ1v) is 9.43. The highest BCUT2D eigenvalue weighted by atomic mass is 16.5. The molecule has 2 fully saturated rings. The van der Waals surface area contributed by atoms with E-state index >= 15 is 0 Å². The van der Waals surface area contributed by atoms with E-state index < -0.39 is 0 Å². The lowest BCUT2D eigenvalue weighted by atomic mass is 10.1. The Kier molecular flexibility index (Phi) is 6.69. The third-order valence-corrected chi connectivity index (χ3v) is 4.93. The smallest absolute Gasteiger partial charge is 0.193 e. The molecular formula is C18H31N5O2. The second kappa shape index (κ2) is 9.20. The largest absolute Gasteiger partial charge is 0.378 e. The molecule has 140 valence electrons. The van der Waals surface area contributed by atoms with Crippen molar-refractivity contribution in [2.75, 3.05) is 39.9 Å². The van der Waals surface area contributed by atoms with E-state index in [0.29, 0.717) is 12.7 Å². The van der Waals surface area contributed by atoms with Crippen LogP contribution in [0.5, 0.6) is 0 Å². The van der Waals surface area contributed by atoms with E-state index in [1.807, 2.05) is 31.2 Å². The van der Waals surface area contributed by atoms with Gasteiger partial charge in [0.2, 0.25) is 0 Å². The zero-order valence-electron chi connectivity index (χ0n) is 15.5. The van der Waals surface area contributed by atoms with E-state index in [1.54, 1.807) is 0 Å². The minimum Gasteiger partial charge on any atom is -0.378 e. The number of morpholine rings is 1. The maximum atomic E-state index is 5.92. The highest BCUT2D eigenvalue weighted by Gasteiger charge is 2.25. The molecule has 1 unspecified atom stereocenters. The molecule has 0 aromatic carbocycles. The fourth-order valence-electron chi connectivity index (χ4n) is 3.56. The van der Waals surface area contributed by atoms with Gasteiger partial charge in [-0.15, -0.1) is 0 Å². The third-order valence-electron chi connectivity index (χ3n) is 4.93. The van der Waals surface area contributed by atoms with Gasteiger partial charge in [-0.3, -0.25) is 9.67 Å². The van der Waals surface area contributed by atoms with E-state index in [1.165, 1.54) is 25.7 Å². The molecule has 1 saturated heterocycles. The Bertz CT molecular complexity index is 553. The van der Waals surface area contributed by atoms with E-state index in [0.717, 1.165) is 44.2 Å². The van der Waals surface area contributed by atoms with Gasteiger partial charge in [-0.2, -0.15) is 5.10 Å². The summed E-state index contributed by atoms with van der Waals surface area (Å²) in [5.74, 6) is 0.943. The predicted molar refractivity (Wildman–Crippen MR) is 97.7 cm³/mol. The maximum absolute atomic E-state index is 5.92. The average Bonchev–Trinajstić information content (AvgIpc) is 3.30. The molecule has 1 aliphatic carbocycles. The molecule has 3 rings (SSSR count). The Morgan fingerprint density at radius 2 is 2.28 bits per heavy atom. The van der Waals surface area contributed by atoms with Gasteiger partial charge < -0.3 is 19.7 Å². The monoisotopic (exact) mass is 349 g/mol. The number of guanidine groups is 1. The summed E-state index contributed by atoms with van der Waals surface area (Å²) < 4.78 is 13.6. The van der Waals surface area contributed by atoms with Crippen LogP contribution in [0.3, 0.4) is 0 Å². The minimum atomic E-state index is 0.0479. The molecule has 0 bridgehead atoms. The van der Waals surface area contributed by atoms with Crippen molar-refractivity contribution < 1.29 is 9.47 Å². The normalized spacial score (nSPS) is 22.6. The van der Waals surface area contributed by atoms with Crippen LogP contribution in [-0.4, -0.2) is 66.6 Å². The van der Waals surface area contributed by atoms with Crippen molar-refractivity contribution >= 4 is 5.96 Å². The maximum Gasteiger partial charge on any atom is 0.193 e. The van der Waals surface area contributed by atoms with Crippen molar-refractivity contribution in [3.63, 3.8) is 0 Å². The van der Waals surface area contributed by atoms with Gasteiger partial charge in [0.1, 0.15) is 6.10 Å². The molecule has 0 radical (unpaired) electrons. The third kappa shape index (κ3) is 5.19. The molecule has 7 nitrogen and oxygen atoms in total. The topological polar surface area (TPSA) is 63.9 Å². The van der Waals surface area contributed by atoms with Crippen LogP contribution < -0.4 is 5.32 Å². The minimum absolute atomic E-state index is 0.0479. The number of nitrogens with zero attached hydrogens (tertiary/aromatic N) is 4. The van der Waals surface area contributed by atoms with Gasteiger partial charge in [0.15, 0.2) is 5.96 Å². The van der Waals surface area contributed by atoms with Gasteiger partial charge in [-0.25, -0.2) is 0 Å². The van der Waals surface area contributed by atoms with Crippen LogP contribution in [0.2, 0.25) is 0 Å². The lowest BCUT2D eigenvalue weighted by molar-refractivity contribution is -0.00810. The highest BCUT2D eigenvalue weighted by molar-refractivity contribution is 5.80. The van der Waals surface area contributed by atoms with Crippen LogP contribution >= 0.6 is 0 Å². The molecule has 25 heavy (non-hydrogen) atoms. The Morgan fingerprint density at radius 1 is 1.44 bits per heavy atom. The van der Waals surface area contributed by atoms with Crippen LogP contribution in [0.1, 0.15) is 43.8 Å². The second-order valence-corrected chi connectivity index (χ2v) is 6.86. The first-order chi connectivity index (χ1) is 12.3. The number of ether oxygens (including phenoxy) is 2. The molecule has 1 aromatic rings. The summed E-state index contributed by atoms with van der Waals surface area (Å²) in [6.07, 6.45) is 10.6. The number of hydrogen-bond acceptors (Lipinski definition) is 4. The number of aryl methyl sites for hydroxylation is 1. The summed E-state index contributed by atoms with van der Waals surface area (Å²) in [5.41, 5.74) is 1.12. The number of aromatic nitrogens is 2. The molecule has 2 aliphatic rings. The molecule has 0 spiro atoms. The summed E-state index contributed by atoms with van der Waals surface area (Å²) in [5, 5.41) is 7.70. The quantitative estimate of drug-likeness (QED) is 0.481. The first kappa shape index (κ1) is 18.2. The number of nitrogens with one attached hydrogen (secondary N) is 1. The fraction of sp³-hybridized carbons (Fsp3) is 0.778. The van der Waals surface area contributed by atoms with Crippen molar-refractivity contribution in [2.24, 2.45) is 12.0 Å². The van der Waals surface area contributed by atoms with E-state index in [4.69, 9.17) is 9.47 Å². The van der Waals surface area contributed by atoms with Crippen molar-refractivity contribution in [2.45, 2.75) is 44.3 Å². The van der Waals surface area contributed by atoms with Crippen LogP contribution in [0.4, 0.5) is 0 Å². The molecule has 1 atom stereocenters. The lowest BCUT2D eigenvalue weighted by Gasteiger charge is -2.34. The van der Waals surface area contributed by atoms with Gasteiger partial charge in [-0.1, -0.05) is 12.8 Å². The predicted octanol–water partition coefficient (Wildman–Crippen LogP) is 1.72. The SMILES string of the molecule is CN=C(NCCCOC1CCCC1)N1CCOC(c2cnn(C)c2)C1. The zero-order valence-corrected chi connectivity index (χ0v) is 15.5. The van der Waals surface area contributed by atoms with Crippen molar-refractivity contribution in [1.29, 1.82) is 0 Å². The van der Waals surface area contributed by atoms with Gasteiger partial charge in [-0.05, 0) is 19.3 Å². The van der Waals surface area contributed by atoms with Crippen LogP contribution in [-0.2, 0) is 16.5 Å². The molecule has 2 heterocycles. The summed E-state index contributed by atoms with van der Waals surface area (Å²) in [6, 6.07) is 0. The van der Waals surface area contributed by atoms with Crippen LogP contribution in [0, 0.1) is 0 Å². The molecule has 1 N–H and O–H groups in total. The molecular weight excluding hydrogens is 318 g/mol. The number of hydrogen-bond donors (Lipinski definition) is 1. The van der Waals surface area contributed by atoms with Crippen LogP contribution in [0.25, 0.3) is 0 Å². The number of rotatable bonds is 6. The van der Waals surface area contributed by atoms with Crippen molar-refractivity contribution in [1.82, 2.24) is 20.0 Å². The Hall–Kier alpha value is -1.60. The zero-order chi connectivity index (χ0) is 17.5. The van der Waals surface area contributed by atoms with E-state index in [9.17, 15) is 0 Å². The van der Waals surface area contributed by atoms with E-state index in [2.05, 4.69) is 20.3 Å². The van der Waals surface area contributed by atoms with Gasteiger partial charge in [0.25, 0.3) is 0 Å². The van der Waals surface area contributed by atoms with Gasteiger partial charge in [0, 0.05) is 45.6 Å². The summed E-state index contributed by atoms with van der Waals surface area (Å²) >= 11 is 0. The number of aliphatic imine (C=N–C) groups is 1. The fourth-order valence-corrected chi connectivity index (χ4v) is 3.56. The van der Waals surface area contributed by atoms with Gasteiger partial charge >= 0.3 is 0 Å². The molecule has 1 aromatic heterocycles. The van der Waals surface area contributed by atoms with Gasteiger partial charge in [0.05, 0.1) is 25.5 Å². The molecule has 7 heteroatoms. The standard InChI is InChI=1S/C18H31N5O2/c1-19-18(20-8-5-10-24-16-6-3-4-7-16)23-9-11-25-17(14-23)15-12-21-22(2)13-15/h12-13,16-17H,3-11,14H2,1-2H3,(H,19,20). The second-order valence-electron chi connectivity index (χ2n) is 6.86. The molecule has 0 amide bonds. The van der Waals surface area contributed by atoms with Crippen molar-refractivity contribution in [3.05, 3.63) is 18.0 Å². The van der Waals surface area contributed by atoms with E-state index in [-0.39, 0.29) is 6.10 Å². The molecule has 1 saturated carbocycles. The van der Waals surface area contributed by atoms with Crippen LogP contribution in [0.15, 0.2) is 17.4 Å². The highest BCUT2D eigenvalue weighted by Crippen LogP contribution is 2.22. The average molecular weight is 349 g/mol. The van der Waals surface area contributed by atoms with Crippen molar-refractivity contribution in [3.8, 4) is 0 Å². The summed E-state index contributed by atoms with van der Waals surface area (Å²) in [6.45, 7) is 4.06. The lowest BCUT2D eigenvalue weighted by Crippen LogP contribution is -2.48. The Labute approximate surface area is 150 Å². The Morgan fingerprint density at radius 3 is 3.00 bits per heavy atom. The summed E-state index contributed by atoms with van der Waals surface area (Å²) in [4.78, 5) is 6.70. The summed E-state index contributed by atoms with van der Waals surface area (Å²) in [7, 11) is 3.77. The Balaban J connectivity index is 1.40. The first-order valence-electron chi connectivity index (χ1n) is 9.43.